The van der Waals surface area contributed by atoms with Gasteiger partial charge in [0.25, 0.3) is 0 Å². The first kappa shape index (κ1) is 13.4. The predicted octanol–water partition coefficient (Wildman–Crippen LogP) is 1.70. The van der Waals surface area contributed by atoms with Gasteiger partial charge in [0.2, 0.25) is 0 Å². The molecule has 0 atom stereocenters. The van der Waals surface area contributed by atoms with Gasteiger partial charge in [-0.25, -0.2) is 0 Å². The molecule has 0 aliphatic rings. The fourth-order valence-corrected chi connectivity index (χ4v) is 1.30. The van der Waals surface area contributed by atoms with Gasteiger partial charge >= 0.3 is 0 Å². The lowest BCUT2D eigenvalue weighted by atomic mass is 10.1. The molecule has 1 aromatic rings. The van der Waals surface area contributed by atoms with Crippen LogP contribution in [0.15, 0.2) is 24.3 Å². The van der Waals surface area contributed by atoms with E-state index in [1.807, 2.05) is 18.2 Å². The van der Waals surface area contributed by atoms with E-state index in [9.17, 15) is 0 Å². The summed E-state index contributed by atoms with van der Waals surface area (Å²) in [5, 5.41) is 9.07. The predicted molar refractivity (Wildman–Crippen MR) is 61.9 cm³/mol. The maximum Gasteiger partial charge on any atom is 0.0684 e. The van der Waals surface area contributed by atoms with E-state index >= 15 is 0 Å². The third-order valence-electron chi connectivity index (χ3n) is 2.12. The number of hydrogen-bond donors (Lipinski definition) is 1. The summed E-state index contributed by atoms with van der Waals surface area (Å²) < 4.78 is 0. The summed E-state index contributed by atoms with van der Waals surface area (Å²) in [4.78, 5) is 2.15. The highest BCUT2D eigenvalue weighted by molar-refractivity contribution is 5.85. The van der Waals surface area contributed by atoms with Crippen LogP contribution in [0, 0.1) is 0 Å². The van der Waals surface area contributed by atoms with E-state index in [0.29, 0.717) is 0 Å². The van der Waals surface area contributed by atoms with E-state index in [1.54, 1.807) is 0 Å². The van der Waals surface area contributed by atoms with Crippen molar-refractivity contribution in [2.24, 2.45) is 0 Å². The Bertz CT molecular complexity index is 263. The number of rotatable bonds is 4. The highest BCUT2D eigenvalue weighted by Gasteiger charge is 2.00. The van der Waals surface area contributed by atoms with Crippen molar-refractivity contribution in [3.63, 3.8) is 0 Å². The fourth-order valence-electron chi connectivity index (χ4n) is 1.30. The number of halogens is 1. The van der Waals surface area contributed by atoms with E-state index in [1.165, 1.54) is 5.56 Å². The summed E-state index contributed by atoms with van der Waals surface area (Å²) in [6.07, 6.45) is 1.00. The summed E-state index contributed by atoms with van der Waals surface area (Å²) in [5.41, 5.74) is 2.29. The normalized spacial score (nSPS) is 10.0. The van der Waals surface area contributed by atoms with Gasteiger partial charge in [-0.05, 0) is 31.6 Å². The van der Waals surface area contributed by atoms with Crippen LogP contribution in [0.5, 0.6) is 0 Å². The lowest BCUT2D eigenvalue weighted by Crippen LogP contribution is -2.15. The monoisotopic (exact) mass is 215 g/mol. The van der Waals surface area contributed by atoms with Crippen molar-refractivity contribution < 1.29 is 5.11 Å². The Hall–Kier alpha value is -0.570. The molecule has 0 fully saturated rings. The standard InChI is InChI=1S/C11H17NO.ClH/c1-12(2)8-7-10-5-3-4-6-11(10)9-13;/h3-6,13H,7-9H2,1-2H3;1H. The van der Waals surface area contributed by atoms with Gasteiger partial charge in [-0.3, -0.25) is 0 Å². The van der Waals surface area contributed by atoms with Gasteiger partial charge in [-0.2, -0.15) is 0 Å². The first-order valence-corrected chi connectivity index (χ1v) is 4.56. The molecule has 0 radical (unpaired) electrons. The van der Waals surface area contributed by atoms with Crippen molar-refractivity contribution in [3.8, 4) is 0 Å². The number of nitrogens with zero attached hydrogens (tertiary/aromatic N) is 1. The summed E-state index contributed by atoms with van der Waals surface area (Å²) in [6, 6.07) is 8.04. The number of aliphatic hydroxyl groups is 1. The number of aliphatic hydroxyl groups excluding tert-OH is 1. The Morgan fingerprint density at radius 2 is 1.71 bits per heavy atom. The first-order chi connectivity index (χ1) is 6.24. The van der Waals surface area contributed by atoms with Gasteiger partial charge in [-0.15, -0.1) is 12.4 Å². The number of likely N-dealkylation sites (N-methyl/N-ethyl adjacent to an activating group) is 1. The summed E-state index contributed by atoms with van der Waals surface area (Å²) in [7, 11) is 4.11. The third kappa shape index (κ3) is 4.09. The number of hydrogen-bond acceptors (Lipinski definition) is 2. The topological polar surface area (TPSA) is 23.5 Å². The molecule has 2 nitrogen and oxygen atoms in total. The second-order valence-corrected chi connectivity index (χ2v) is 3.48. The van der Waals surface area contributed by atoms with Gasteiger partial charge in [0, 0.05) is 6.54 Å². The minimum absolute atomic E-state index is 0. The minimum atomic E-state index is 0. The highest BCUT2D eigenvalue weighted by atomic mass is 35.5. The molecule has 1 rings (SSSR count). The minimum Gasteiger partial charge on any atom is -0.392 e. The highest BCUT2D eigenvalue weighted by Crippen LogP contribution is 2.09. The Morgan fingerprint density at radius 3 is 2.21 bits per heavy atom. The zero-order valence-corrected chi connectivity index (χ0v) is 9.55. The molecule has 3 heteroatoms. The van der Waals surface area contributed by atoms with Gasteiger partial charge in [0.05, 0.1) is 6.61 Å². The molecule has 14 heavy (non-hydrogen) atoms. The van der Waals surface area contributed by atoms with E-state index in [-0.39, 0.29) is 19.0 Å². The molecule has 0 amide bonds. The quantitative estimate of drug-likeness (QED) is 0.827. The van der Waals surface area contributed by atoms with Gasteiger partial charge in [-0.1, -0.05) is 24.3 Å². The molecular formula is C11H18ClNO. The van der Waals surface area contributed by atoms with Gasteiger partial charge < -0.3 is 10.0 Å². The molecule has 0 heterocycles. The largest absolute Gasteiger partial charge is 0.392 e. The maximum atomic E-state index is 9.07. The molecule has 0 saturated heterocycles. The van der Waals surface area contributed by atoms with Gasteiger partial charge in [0.15, 0.2) is 0 Å². The summed E-state index contributed by atoms with van der Waals surface area (Å²) >= 11 is 0. The second-order valence-electron chi connectivity index (χ2n) is 3.48. The van der Waals surface area contributed by atoms with E-state index in [2.05, 4.69) is 25.1 Å². The van der Waals surface area contributed by atoms with Crippen LogP contribution in [-0.2, 0) is 13.0 Å². The molecule has 0 saturated carbocycles. The van der Waals surface area contributed by atoms with Crippen molar-refractivity contribution in [2.45, 2.75) is 13.0 Å². The SMILES string of the molecule is CN(C)CCc1ccccc1CO.Cl. The lowest BCUT2D eigenvalue weighted by Gasteiger charge is -2.11. The molecule has 0 spiro atoms. The van der Waals surface area contributed by atoms with Crippen LogP contribution >= 0.6 is 12.4 Å². The molecule has 80 valence electrons. The Morgan fingerprint density at radius 1 is 1.14 bits per heavy atom. The van der Waals surface area contributed by atoms with Crippen molar-refractivity contribution in [1.82, 2.24) is 4.90 Å². The molecule has 1 aromatic carbocycles. The Labute approximate surface area is 92.0 Å². The molecule has 0 aliphatic heterocycles. The van der Waals surface area contributed by atoms with Crippen LogP contribution in [0.25, 0.3) is 0 Å². The van der Waals surface area contributed by atoms with E-state index in [4.69, 9.17) is 5.11 Å². The Balaban J connectivity index is 0.00000169. The fraction of sp³-hybridized carbons (Fsp3) is 0.455. The van der Waals surface area contributed by atoms with Crippen molar-refractivity contribution in [2.75, 3.05) is 20.6 Å². The molecule has 0 aromatic heterocycles. The third-order valence-corrected chi connectivity index (χ3v) is 2.12. The summed E-state index contributed by atoms with van der Waals surface area (Å²) in [6.45, 7) is 1.17. The van der Waals surface area contributed by atoms with Crippen LogP contribution in [0.2, 0.25) is 0 Å². The Kier molecular flexibility index (Phi) is 6.54. The number of benzene rings is 1. The second kappa shape index (κ2) is 6.82. The molecule has 1 N–H and O–H groups in total. The first-order valence-electron chi connectivity index (χ1n) is 4.56. The maximum absolute atomic E-state index is 9.07. The van der Waals surface area contributed by atoms with Crippen molar-refractivity contribution in [1.29, 1.82) is 0 Å². The van der Waals surface area contributed by atoms with Crippen LogP contribution in [-0.4, -0.2) is 30.6 Å². The van der Waals surface area contributed by atoms with Crippen molar-refractivity contribution >= 4 is 12.4 Å². The zero-order chi connectivity index (χ0) is 9.68. The van der Waals surface area contributed by atoms with Crippen LogP contribution in [0.3, 0.4) is 0 Å². The average Bonchev–Trinajstić information content (AvgIpc) is 2.15. The van der Waals surface area contributed by atoms with Crippen LogP contribution in [0.4, 0.5) is 0 Å². The van der Waals surface area contributed by atoms with Crippen molar-refractivity contribution in [3.05, 3.63) is 35.4 Å². The molecule has 0 unspecified atom stereocenters. The zero-order valence-electron chi connectivity index (χ0n) is 8.73. The van der Waals surface area contributed by atoms with Crippen LogP contribution < -0.4 is 0 Å². The summed E-state index contributed by atoms with van der Waals surface area (Å²) in [5.74, 6) is 0. The lowest BCUT2D eigenvalue weighted by molar-refractivity contribution is 0.280. The molecule has 0 aliphatic carbocycles. The average molecular weight is 216 g/mol. The van der Waals surface area contributed by atoms with Gasteiger partial charge in [0.1, 0.15) is 0 Å². The molecule has 0 bridgehead atoms. The molecular weight excluding hydrogens is 198 g/mol. The van der Waals surface area contributed by atoms with Crippen LogP contribution in [0.1, 0.15) is 11.1 Å². The van der Waals surface area contributed by atoms with E-state index < -0.39 is 0 Å². The smallest absolute Gasteiger partial charge is 0.0684 e. The van der Waals surface area contributed by atoms with E-state index in [0.717, 1.165) is 18.5 Å².